The minimum atomic E-state index is -0.895. The highest BCUT2D eigenvalue weighted by molar-refractivity contribution is 6.30. The Morgan fingerprint density at radius 1 is 1.02 bits per heavy atom. The number of ether oxygens (including phenoxy) is 1. The molecule has 2 N–H and O–H groups in total. The van der Waals surface area contributed by atoms with E-state index in [4.69, 9.17) is 21.3 Å². The predicted octanol–water partition coefficient (Wildman–Crippen LogP) is 5.12. The van der Waals surface area contributed by atoms with Crippen molar-refractivity contribution < 1.29 is 19.1 Å². The molecule has 0 saturated carbocycles. The van der Waals surface area contributed by atoms with Crippen molar-refractivity contribution in [2.45, 2.75) is 12.5 Å². The normalized spacial score (nSPS) is 16.6. The zero-order valence-corrected chi connectivity index (χ0v) is 28.3. The zero-order chi connectivity index (χ0) is 34.7. The zero-order valence-electron chi connectivity index (χ0n) is 27.5. The van der Waals surface area contributed by atoms with Gasteiger partial charge in [0, 0.05) is 68.3 Å². The van der Waals surface area contributed by atoms with Crippen LogP contribution in [0.3, 0.4) is 0 Å². The van der Waals surface area contributed by atoms with E-state index < -0.39 is 23.8 Å². The lowest BCUT2D eigenvalue weighted by Crippen LogP contribution is -2.46. The molecule has 13 heteroatoms. The number of piperazine rings is 1. The summed E-state index contributed by atoms with van der Waals surface area (Å²) in [7, 11) is 5.30. The standard InChI is InChI=1S/C36H37ClN8O4/c1-5-32(46)39-25-7-6-8-27(20-25)45-33-28(34(47)43(3)30(35(45)48)19-23-9-11-24(37)12-10-23)22-38-36(41-33)40-29-14-13-26(21-31(29)49-4)44-17-15-42(2)16-18-44/h5-14,20-22,30H,1,15-19H2,2-4H3,(H,39,46)(H,38,40,41). The maximum absolute atomic E-state index is 14.6. The lowest BCUT2D eigenvalue weighted by atomic mass is 10.0. The third-order valence-electron chi connectivity index (χ3n) is 8.70. The Balaban J connectivity index is 1.39. The van der Waals surface area contributed by atoms with Crippen molar-refractivity contribution in [3.05, 3.63) is 102 Å². The number of amides is 3. The number of halogens is 1. The summed E-state index contributed by atoms with van der Waals surface area (Å²) in [6.07, 6.45) is 2.81. The number of hydrogen-bond acceptors (Lipinski definition) is 9. The molecule has 4 aromatic rings. The Morgan fingerprint density at radius 2 is 1.78 bits per heavy atom. The van der Waals surface area contributed by atoms with Gasteiger partial charge in [-0.3, -0.25) is 19.3 Å². The van der Waals surface area contributed by atoms with E-state index in [-0.39, 0.29) is 23.8 Å². The third kappa shape index (κ3) is 7.20. The maximum atomic E-state index is 14.6. The van der Waals surface area contributed by atoms with Gasteiger partial charge in [-0.05, 0) is 61.2 Å². The molecule has 3 amide bonds. The lowest BCUT2D eigenvalue weighted by Gasteiger charge is -2.34. The van der Waals surface area contributed by atoms with E-state index in [1.807, 2.05) is 30.3 Å². The molecule has 6 rings (SSSR count). The monoisotopic (exact) mass is 680 g/mol. The van der Waals surface area contributed by atoms with Crippen molar-refractivity contribution in [1.82, 2.24) is 19.8 Å². The van der Waals surface area contributed by atoms with Gasteiger partial charge in [-0.25, -0.2) is 4.98 Å². The number of nitrogens with one attached hydrogen (secondary N) is 2. The molecule has 49 heavy (non-hydrogen) atoms. The van der Waals surface area contributed by atoms with Gasteiger partial charge in [-0.1, -0.05) is 36.4 Å². The number of fused-ring (bicyclic) bond motifs is 1. The largest absolute Gasteiger partial charge is 0.494 e. The van der Waals surface area contributed by atoms with Crippen LogP contribution in [0.5, 0.6) is 5.75 Å². The number of aromatic nitrogens is 2. The molecular formula is C36H37ClN8O4. The van der Waals surface area contributed by atoms with Crippen LogP contribution in [0.1, 0.15) is 15.9 Å². The van der Waals surface area contributed by atoms with Crippen LogP contribution in [0.4, 0.5) is 34.5 Å². The van der Waals surface area contributed by atoms with Gasteiger partial charge in [0.15, 0.2) is 5.82 Å². The molecule has 2 aliphatic rings. The van der Waals surface area contributed by atoms with E-state index in [1.165, 1.54) is 16.0 Å². The molecular weight excluding hydrogens is 644 g/mol. The number of likely N-dealkylation sites (N-methyl/N-ethyl adjacent to an activating group) is 2. The van der Waals surface area contributed by atoms with Gasteiger partial charge in [-0.15, -0.1) is 0 Å². The van der Waals surface area contributed by atoms with Gasteiger partial charge in [-0.2, -0.15) is 4.98 Å². The van der Waals surface area contributed by atoms with E-state index in [9.17, 15) is 14.4 Å². The minimum absolute atomic E-state index is 0.0955. The smallest absolute Gasteiger partial charge is 0.259 e. The SMILES string of the molecule is C=CC(=O)Nc1cccc(N2C(=O)C(Cc3ccc(Cl)cc3)N(C)C(=O)c3cnc(Nc4ccc(N5CCN(C)CC5)cc4OC)nc32)c1. The first-order chi connectivity index (χ1) is 23.6. The van der Waals surface area contributed by atoms with Gasteiger partial charge in [0.1, 0.15) is 17.4 Å². The number of nitrogens with zero attached hydrogens (tertiary/aromatic N) is 6. The topological polar surface area (TPSA) is 123 Å². The van der Waals surface area contributed by atoms with E-state index in [1.54, 1.807) is 50.6 Å². The highest BCUT2D eigenvalue weighted by atomic mass is 35.5. The summed E-state index contributed by atoms with van der Waals surface area (Å²) in [5.41, 5.74) is 3.45. The highest BCUT2D eigenvalue weighted by Gasteiger charge is 2.40. The Kier molecular flexibility index (Phi) is 9.79. The number of carbonyl (C=O) groups excluding carboxylic acids is 3. The van der Waals surface area contributed by atoms with Gasteiger partial charge >= 0.3 is 0 Å². The number of anilines is 6. The molecule has 1 fully saturated rings. The van der Waals surface area contributed by atoms with Gasteiger partial charge in [0.2, 0.25) is 11.9 Å². The fourth-order valence-electron chi connectivity index (χ4n) is 5.90. The average Bonchev–Trinajstić information content (AvgIpc) is 3.18. The second-order valence-corrected chi connectivity index (χ2v) is 12.3. The molecule has 1 atom stereocenters. The first-order valence-corrected chi connectivity index (χ1v) is 16.2. The number of carbonyl (C=O) groups is 3. The molecule has 0 aliphatic carbocycles. The lowest BCUT2D eigenvalue weighted by molar-refractivity contribution is -0.121. The van der Waals surface area contributed by atoms with Crippen LogP contribution in [0.25, 0.3) is 0 Å². The fourth-order valence-corrected chi connectivity index (χ4v) is 6.03. The average molecular weight is 681 g/mol. The number of hydrogen-bond donors (Lipinski definition) is 2. The van der Waals surface area contributed by atoms with Crippen LogP contribution in [-0.4, -0.2) is 90.9 Å². The minimum Gasteiger partial charge on any atom is -0.494 e. The Morgan fingerprint density at radius 3 is 2.49 bits per heavy atom. The summed E-state index contributed by atoms with van der Waals surface area (Å²) in [5, 5.41) is 6.53. The van der Waals surface area contributed by atoms with Gasteiger partial charge in [0.05, 0.1) is 18.5 Å². The van der Waals surface area contributed by atoms with Crippen molar-refractivity contribution in [2.75, 3.05) is 67.8 Å². The molecule has 0 radical (unpaired) electrons. The summed E-state index contributed by atoms with van der Waals surface area (Å²) in [6, 6.07) is 18.9. The second kappa shape index (κ2) is 14.3. The van der Waals surface area contributed by atoms with Gasteiger partial charge < -0.3 is 30.1 Å². The highest BCUT2D eigenvalue weighted by Crippen LogP contribution is 2.37. The van der Waals surface area contributed by atoms with Crippen molar-refractivity contribution in [2.24, 2.45) is 0 Å². The molecule has 3 aromatic carbocycles. The van der Waals surface area contributed by atoms with Crippen LogP contribution in [0.15, 0.2) is 85.6 Å². The van der Waals surface area contributed by atoms with E-state index >= 15 is 0 Å². The number of benzene rings is 3. The quantitative estimate of drug-likeness (QED) is 0.232. The molecule has 0 spiro atoms. The van der Waals surface area contributed by atoms with E-state index in [0.717, 1.165) is 43.5 Å². The molecule has 12 nitrogen and oxygen atoms in total. The Hall–Kier alpha value is -5.46. The molecule has 3 heterocycles. The fraction of sp³-hybridized carbons (Fsp3) is 0.250. The predicted molar refractivity (Wildman–Crippen MR) is 191 cm³/mol. The molecule has 1 unspecified atom stereocenters. The van der Waals surface area contributed by atoms with Crippen molar-refractivity contribution >= 4 is 63.8 Å². The summed E-state index contributed by atoms with van der Waals surface area (Å²) in [6.45, 7) is 7.27. The third-order valence-corrected chi connectivity index (χ3v) is 8.96. The van der Waals surface area contributed by atoms with Gasteiger partial charge in [0.25, 0.3) is 11.8 Å². The van der Waals surface area contributed by atoms with Crippen molar-refractivity contribution in [1.29, 1.82) is 0 Å². The second-order valence-electron chi connectivity index (χ2n) is 11.9. The first-order valence-electron chi connectivity index (χ1n) is 15.8. The summed E-state index contributed by atoms with van der Waals surface area (Å²) < 4.78 is 5.74. The Bertz CT molecular complexity index is 1890. The van der Waals surface area contributed by atoms with Crippen molar-refractivity contribution in [3.63, 3.8) is 0 Å². The summed E-state index contributed by atoms with van der Waals surface area (Å²) in [5.74, 6) is -0.371. The van der Waals surface area contributed by atoms with E-state index in [0.29, 0.717) is 27.8 Å². The molecule has 0 bridgehead atoms. The molecule has 2 aliphatic heterocycles. The van der Waals surface area contributed by atoms with Crippen LogP contribution in [0, 0.1) is 0 Å². The summed E-state index contributed by atoms with van der Waals surface area (Å²) in [4.78, 5) is 57.4. The van der Waals surface area contributed by atoms with Crippen LogP contribution in [-0.2, 0) is 16.0 Å². The summed E-state index contributed by atoms with van der Waals surface area (Å²) >= 11 is 6.12. The molecule has 1 aromatic heterocycles. The maximum Gasteiger partial charge on any atom is 0.259 e. The molecule has 252 valence electrons. The van der Waals surface area contributed by atoms with Crippen molar-refractivity contribution in [3.8, 4) is 5.75 Å². The Labute approximate surface area is 289 Å². The molecule has 1 saturated heterocycles. The first kappa shape index (κ1) is 33.4. The number of rotatable bonds is 9. The van der Waals surface area contributed by atoms with Crippen LogP contribution in [0.2, 0.25) is 5.02 Å². The van der Waals surface area contributed by atoms with Crippen LogP contribution >= 0.6 is 11.6 Å². The van der Waals surface area contributed by atoms with Crippen LogP contribution < -0.4 is 25.2 Å². The number of methoxy groups -OCH3 is 1. The van der Waals surface area contributed by atoms with E-state index in [2.05, 4.69) is 39.0 Å².